The molecule has 0 unspecified atom stereocenters. The molecule has 0 saturated heterocycles. The molecule has 0 rings (SSSR count). The van der Waals surface area contributed by atoms with Crippen LogP contribution in [0.4, 0.5) is 0 Å². The van der Waals surface area contributed by atoms with Crippen molar-refractivity contribution in [3.63, 3.8) is 0 Å². The third-order valence-electron chi connectivity index (χ3n) is 0. The molecule has 0 atom stereocenters. The molecule has 0 aromatic heterocycles. The van der Waals surface area contributed by atoms with Crippen molar-refractivity contribution < 1.29 is 37.7 Å². The van der Waals surface area contributed by atoms with E-state index >= 15 is 0 Å². The van der Waals surface area contributed by atoms with Crippen LogP contribution in [0.5, 0.6) is 0 Å². The summed E-state index contributed by atoms with van der Waals surface area (Å²) in [7, 11) is 0. The van der Waals surface area contributed by atoms with E-state index in [-0.39, 0.29) is 43.8 Å². The van der Waals surface area contributed by atoms with E-state index in [2.05, 4.69) is 0 Å². The largest absolute Gasteiger partial charge is 1.56 e. The summed E-state index contributed by atoms with van der Waals surface area (Å²) in [5.41, 5.74) is 8.06. The summed E-state index contributed by atoms with van der Waals surface area (Å²) in [5, 5.41) is 0. The first-order valence-corrected chi connectivity index (χ1v) is 1.41. The van der Waals surface area contributed by atoms with Crippen molar-refractivity contribution in [3.05, 3.63) is 5.73 Å². The van der Waals surface area contributed by atoms with Crippen molar-refractivity contribution in [3.8, 4) is 0 Å². The molecule has 0 aliphatic heterocycles. The van der Waals surface area contributed by atoms with Crippen LogP contribution >= 0.6 is 0 Å². The van der Waals surface area contributed by atoms with Crippen LogP contribution in [0.15, 0.2) is 0 Å². The normalized spacial score (nSPS) is 6.00. The minimum Gasteiger partial charge on any atom is -1.56 e. The Labute approximate surface area is 63.4 Å². The van der Waals surface area contributed by atoms with Crippen LogP contribution in [-0.2, 0) is 0 Å². The predicted molar refractivity (Wildman–Crippen MR) is 18.5 cm³/mol. The van der Waals surface area contributed by atoms with E-state index in [0.29, 0.717) is 0 Å². The van der Waals surface area contributed by atoms with Crippen LogP contribution in [-0.4, -0.2) is 6.04 Å². The average Bonchev–Trinajstić information content (AvgIpc) is 0.811. The Morgan fingerprint density at radius 3 is 1.17 bits per heavy atom. The van der Waals surface area contributed by atoms with Crippen LogP contribution in [0, 0.1) is 0 Å². The van der Waals surface area contributed by atoms with Crippen LogP contribution in [0.25, 0.3) is 5.73 Å². The van der Waals surface area contributed by atoms with Crippen molar-refractivity contribution in [2.45, 2.75) is 19.9 Å². The molecular weight excluding hydrogens is 63.9 g/mol. The molecule has 0 bridgehead atoms. The van der Waals surface area contributed by atoms with Crippen LogP contribution in [0.1, 0.15) is 13.8 Å². The number of hydrogen-bond donors (Lipinski definition) is 0. The third kappa shape index (κ3) is 66.7. The second-order valence-electron chi connectivity index (χ2n) is 1.09. The first-order chi connectivity index (χ1) is 1.73. The molecule has 0 aromatic carbocycles. The summed E-state index contributed by atoms with van der Waals surface area (Å²) < 4.78 is 0. The fraction of sp³-hybridized carbons (Fsp3) is 1.00. The van der Waals surface area contributed by atoms with Crippen molar-refractivity contribution >= 4 is 0 Å². The van der Waals surface area contributed by atoms with Gasteiger partial charge in [0.15, 0.2) is 0 Å². The second kappa shape index (κ2) is 9.47. The topological polar surface area (TPSA) is 22.3 Å². The molecule has 0 radical (unpaired) electrons. The molecule has 0 amide bonds. The molecule has 0 saturated carbocycles. The Hall–Kier alpha value is 1.15. The van der Waals surface area contributed by atoms with Gasteiger partial charge in [-0.2, -0.15) is 0 Å². The fourth-order valence-corrected chi connectivity index (χ4v) is 0. The maximum Gasteiger partial charge on any atom is 1.00 e. The summed E-state index contributed by atoms with van der Waals surface area (Å²) in [6.45, 7) is 3.44. The number of nitrogens with zero attached hydrogens (tertiary/aromatic N) is 1. The van der Waals surface area contributed by atoms with Gasteiger partial charge in [0.05, 0.1) is 0 Å². The van der Waals surface area contributed by atoms with Gasteiger partial charge in [-0.25, -0.2) is 0 Å². The molecule has 0 aliphatic rings. The summed E-state index contributed by atoms with van der Waals surface area (Å²) >= 11 is 0. The van der Waals surface area contributed by atoms with Gasteiger partial charge in [-0.15, -0.1) is 13.8 Å². The smallest absolute Gasteiger partial charge is 1.00 e. The molecule has 3 heteroatoms. The molecule has 6 heavy (non-hydrogen) atoms. The Balaban J connectivity index is -0.0000000450. The minimum absolute atomic E-state index is 0. The Morgan fingerprint density at radius 2 is 1.17 bits per heavy atom. The maximum atomic E-state index is 8.06. The van der Waals surface area contributed by atoms with Crippen molar-refractivity contribution in [1.29, 1.82) is 0 Å². The quantitative estimate of drug-likeness (QED) is 0.256. The third-order valence-corrected chi connectivity index (χ3v) is 0. The molecule has 1 nitrogen and oxygen atoms in total. The summed E-state index contributed by atoms with van der Waals surface area (Å²) in [6.07, 6.45) is 0. The Bertz CT molecular complexity index is 13.5. The fourth-order valence-electron chi connectivity index (χ4n) is 0. The standard InChI is InChI=1S/C3H7N.2Li/c1-3(2)4;;/h3H,1-2H3;;/q-2;2*+1. The zero-order valence-corrected chi connectivity index (χ0v) is 5.02. The van der Waals surface area contributed by atoms with Gasteiger partial charge in [0.1, 0.15) is 0 Å². The first kappa shape index (κ1) is 15.7. The van der Waals surface area contributed by atoms with E-state index < -0.39 is 0 Å². The van der Waals surface area contributed by atoms with E-state index in [0.717, 1.165) is 0 Å². The SMILES string of the molecule is CC(C)[N-2].[Li+].[Li+]. The van der Waals surface area contributed by atoms with Gasteiger partial charge in [0.2, 0.25) is 0 Å². The van der Waals surface area contributed by atoms with Gasteiger partial charge < -0.3 is 11.8 Å². The van der Waals surface area contributed by atoms with Crippen molar-refractivity contribution in [1.82, 2.24) is 0 Å². The molecule has 0 heterocycles. The van der Waals surface area contributed by atoms with Crippen molar-refractivity contribution in [2.24, 2.45) is 0 Å². The Morgan fingerprint density at radius 1 is 1.17 bits per heavy atom. The first-order valence-electron chi connectivity index (χ1n) is 1.41. The van der Waals surface area contributed by atoms with E-state index in [4.69, 9.17) is 5.73 Å². The van der Waals surface area contributed by atoms with Gasteiger partial charge >= 0.3 is 37.7 Å². The van der Waals surface area contributed by atoms with Crippen LogP contribution < -0.4 is 37.7 Å². The van der Waals surface area contributed by atoms with E-state index in [9.17, 15) is 0 Å². The zero-order valence-electron chi connectivity index (χ0n) is 5.02. The predicted octanol–water partition coefficient (Wildman–Crippen LogP) is -4.76. The molecule has 0 aliphatic carbocycles. The summed E-state index contributed by atoms with van der Waals surface area (Å²) in [6, 6.07) is -0.167. The summed E-state index contributed by atoms with van der Waals surface area (Å²) in [5.74, 6) is 0. The van der Waals surface area contributed by atoms with Gasteiger partial charge in [0.25, 0.3) is 0 Å². The molecule has 0 spiro atoms. The van der Waals surface area contributed by atoms with Gasteiger partial charge in [-0.3, -0.25) is 0 Å². The van der Waals surface area contributed by atoms with Gasteiger partial charge in [-0.1, -0.05) is 0 Å². The molecule has 0 fully saturated rings. The molecular formula is C3H7Li2N. The van der Waals surface area contributed by atoms with Crippen molar-refractivity contribution in [2.75, 3.05) is 0 Å². The molecule has 0 N–H and O–H groups in total. The maximum absolute atomic E-state index is 8.06. The monoisotopic (exact) mass is 71.1 g/mol. The molecule has 0 aromatic rings. The minimum atomic E-state index is -0.167. The summed E-state index contributed by atoms with van der Waals surface area (Å²) in [4.78, 5) is 0. The zero-order chi connectivity index (χ0) is 3.58. The van der Waals surface area contributed by atoms with Gasteiger partial charge in [-0.05, 0) is 0 Å². The van der Waals surface area contributed by atoms with E-state index in [1.165, 1.54) is 0 Å². The van der Waals surface area contributed by atoms with E-state index in [1.807, 2.05) is 0 Å². The van der Waals surface area contributed by atoms with Gasteiger partial charge in [0, 0.05) is 0 Å². The van der Waals surface area contributed by atoms with Crippen LogP contribution in [0.2, 0.25) is 0 Å². The number of hydrogen-bond acceptors (Lipinski definition) is 0. The van der Waals surface area contributed by atoms with Crippen LogP contribution in [0.3, 0.4) is 0 Å². The average molecular weight is 71.0 g/mol. The molecule has 26 valence electrons. The Kier molecular flexibility index (Phi) is 24.8. The second-order valence-corrected chi connectivity index (χ2v) is 1.09. The number of rotatable bonds is 0. The van der Waals surface area contributed by atoms with E-state index in [1.54, 1.807) is 13.8 Å².